The maximum absolute atomic E-state index is 5.67. The minimum atomic E-state index is -0.335. The second-order valence-electron chi connectivity index (χ2n) is 6.64. The summed E-state index contributed by atoms with van der Waals surface area (Å²) in [7, 11) is 0. The Morgan fingerprint density at radius 3 is 1.95 bits per heavy atom. The summed E-state index contributed by atoms with van der Waals surface area (Å²) < 4.78 is 0. The zero-order valence-corrected chi connectivity index (χ0v) is 13.4. The molecule has 2 nitrogen and oxygen atoms in total. The fourth-order valence-electron chi connectivity index (χ4n) is 1.60. The third kappa shape index (κ3) is 3.97. The molecule has 0 aliphatic carbocycles. The lowest BCUT2D eigenvalue weighted by molar-refractivity contribution is -0.310. The van der Waals surface area contributed by atoms with Crippen molar-refractivity contribution < 1.29 is 9.78 Å². The van der Waals surface area contributed by atoms with Crippen molar-refractivity contribution >= 4 is 0 Å². The Bertz CT molecular complexity index is 388. The van der Waals surface area contributed by atoms with E-state index >= 15 is 0 Å². The van der Waals surface area contributed by atoms with Crippen molar-refractivity contribution in [3.63, 3.8) is 0 Å². The molecule has 0 radical (unpaired) electrons. The second kappa shape index (κ2) is 5.96. The molecule has 2 heteroatoms. The van der Waals surface area contributed by atoms with Crippen LogP contribution in [-0.2, 0) is 4.89 Å². The fraction of sp³-hybridized carbons (Fsp3) is 0.647. The van der Waals surface area contributed by atoms with Gasteiger partial charge in [-0.1, -0.05) is 46.8 Å². The molecule has 0 amide bonds. The van der Waals surface area contributed by atoms with Crippen LogP contribution >= 0.6 is 0 Å². The van der Waals surface area contributed by atoms with Crippen LogP contribution in [0.5, 0.6) is 5.75 Å². The number of hydrogen-bond donors (Lipinski definition) is 0. The summed E-state index contributed by atoms with van der Waals surface area (Å²) in [6.07, 6.45) is 1.04. The molecule has 19 heavy (non-hydrogen) atoms. The summed E-state index contributed by atoms with van der Waals surface area (Å²) in [6.45, 7) is 15.1. The Morgan fingerprint density at radius 2 is 1.53 bits per heavy atom. The van der Waals surface area contributed by atoms with Gasteiger partial charge in [0.25, 0.3) is 0 Å². The maximum Gasteiger partial charge on any atom is 0.165 e. The van der Waals surface area contributed by atoms with E-state index in [1.54, 1.807) is 0 Å². The molecule has 0 atom stereocenters. The van der Waals surface area contributed by atoms with Crippen molar-refractivity contribution in [2.45, 2.75) is 66.4 Å². The van der Waals surface area contributed by atoms with Gasteiger partial charge in [-0.15, -0.1) is 0 Å². The van der Waals surface area contributed by atoms with Crippen molar-refractivity contribution in [3.05, 3.63) is 29.8 Å². The Kier molecular flexibility index (Phi) is 5.03. The van der Waals surface area contributed by atoms with Crippen LogP contribution in [0.25, 0.3) is 0 Å². The first kappa shape index (κ1) is 16.0. The predicted octanol–water partition coefficient (Wildman–Crippen LogP) is 5.34. The highest BCUT2D eigenvalue weighted by molar-refractivity contribution is 5.28. The van der Waals surface area contributed by atoms with E-state index in [1.807, 2.05) is 12.1 Å². The monoisotopic (exact) mass is 264 g/mol. The summed E-state index contributed by atoms with van der Waals surface area (Å²) in [6, 6.07) is 8.09. The van der Waals surface area contributed by atoms with E-state index in [4.69, 9.17) is 9.78 Å². The average molecular weight is 264 g/mol. The standard InChI is InChI=1S/C17H28O2/c1-8-16(4,5)17(6,7)19-18-15-11-9-14(10-12-15)13(2)3/h9-13H,8H2,1-7H3. The topological polar surface area (TPSA) is 18.5 Å². The lowest BCUT2D eigenvalue weighted by atomic mass is 9.75. The second-order valence-corrected chi connectivity index (χ2v) is 6.64. The quantitative estimate of drug-likeness (QED) is 0.510. The molecular weight excluding hydrogens is 236 g/mol. The van der Waals surface area contributed by atoms with Gasteiger partial charge < -0.3 is 4.89 Å². The summed E-state index contributed by atoms with van der Waals surface area (Å²) >= 11 is 0. The molecule has 0 aliphatic heterocycles. The van der Waals surface area contributed by atoms with Gasteiger partial charge in [0.05, 0.1) is 0 Å². The van der Waals surface area contributed by atoms with Gasteiger partial charge >= 0.3 is 0 Å². The normalized spacial score (nSPS) is 12.8. The first-order valence-corrected chi connectivity index (χ1v) is 7.15. The third-order valence-corrected chi connectivity index (χ3v) is 4.41. The largest absolute Gasteiger partial charge is 0.337 e. The number of rotatable bonds is 6. The molecule has 0 bridgehead atoms. The summed E-state index contributed by atoms with van der Waals surface area (Å²) in [5.74, 6) is 1.29. The van der Waals surface area contributed by atoms with E-state index in [-0.39, 0.29) is 11.0 Å². The van der Waals surface area contributed by atoms with Crippen LogP contribution in [0.2, 0.25) is 0 Å². The Labute approximate surface area is 118 Å². The number of hydrogen-bond acceptors (Lipinski definition) is 2. The van der Waals surface area contributed by atoms with Gasteiger partial charge in [0.2, 0.25) is 0 Å². The van der Waals surface area contributed by atoms with Gasteiger partial charge in [-0.05, 0) is 49.3 Å². The SMILES string of the molecule is CCC(C)(C)C(C)(C)OOc1ccc(C(C)C)cc1. The van der Waals surface area contributed by atoms with E-state index in [0.717, 1.165) is 12.2 Å². The molecule has 0 aromatic heterocycles. The van der Waals surface area contributed by atoms with Crippen LogP contribution in [0.3, 0.4) is 0 Å². The molecule has 0 fully saturated rings. The van der Waals surface area contributed by atoms with Crippen LogP contribution in [0.1, 0.15) is 66.4 Å². The van der Waals surface area contributed by atoms with Gasteiger partial charge in [-0.3, -0.25) is 0 Å². The van der Waals surface area contributed by atoms with Crippen LogP contribution in [0.4, 0.5) is 0 Å². The highest BCUT2D eigenvalue weighted by Crippen LogP contribution is 2.37. The average Bonchev–Trinajstić information content (AvgIpc) is 2.36. The van der Waals surface area contributed by atoms with Crippen LogP contribution in [0, 0.1) is 5.41 Å². The van der Waals surface area contributed by atoms with Gasteiger partial charge in [-0.2, -0.15) is 4.89 Å². The van der Waals surface area contributed by atoms with E-state index in [2.05, 4.69) is 60.6 Å². The van der Waals surface area contributed by atoms with Crippen LogP contribution in [0.15, 0.2) is 24.3 Å². The van der Waals surface area contributed by atoms with Crippen molar-refractivity contribution in [1.29, 1.82) is 0 Å². The lowest BCUT2D eigenvalue weighted by Gasteiger charge is -2.38. The summed E-state index contributed by atoms with van der Waals surface area (Å²) in [4.78, 5) is 11.2. The van der Waals surface area contributed by atoms with Gasteiger partial charge in [0.1, 0.15) is 5.60 Å². The first-order valence-electron chi connectivity index (χ1n) is 7.15. The molecule has 1 aromatic carbocycles. The van der Waals surface area contributed by atoms with Crippen molar-refractivity contribution in [3.8, 4) is 5.75 Å². The molecule has 108 valence electrons. The molecule has 0 spiro atoms. The Morgan fingerprint density at radius 1 is 1.00 bits per heavy atom. The molecular formula is C17H28O2. The minimum Gasteiger partial charge on any atom is -0.337 e. The van der Waals surface area contributed by atoms with Gasteiger partial charge in [0.15, 0.2) is 5.75 Å². The van der Waals surface area contributed by atoms with Crippen molar-refractivity contribution in [2.24, 2.45) is 5.41 Å². The van der Waals surface area contributed by atoms with Gasteiger partial charge in [-0.25, -0.2) is 0 Å². The van der Waals surface area contributed by atoms with E-state index < -0.39 is 0 Å². The molecule has 0 N–H and O–H groups in total. The zero-order chi connectivity index (χ0) is 14.7. The Balaban J connectivity index is 2.66. The van der Waals surface area contributed by atoms with E-state index in [1.165, 1.54) is 5.56 Å². The molecule has 0 saturated carbocycles. The molecule has 0 heterocycles. The highest BCUT2D eigenvalue weighted by atomic mass is 17.2. The third-order valence-electron chi connectivity index (χ3n) is 4.41. The molecule has 1 aromatic rings. The van der Waals surface area contributed by atoms with E-state index in [9.17, 15) is 0 Å². The van der Waals surface area contributed by atoms with Gasteiger partial charge in [0, 0.05) is 0 Å². The smallest absolute Gasteiger partial charge is 0.165 e. The summed E-state index contributed by atoms with van der Waals surface area (Å²) in [5, 5.41) is 0. The first-order chi connectivity index (χ1) is 8.69. The highest BCUT2D eigenvalue weighted by Gasteiger charge is 2.38. The van der Waals surface area contributed by atoms with Crippen LogP contribution < -0.4 is 4.89 Å². The van der Waals surface area contributed by atoms with Crippen molar-refractivity contribution in [1.82, 2.24) is 0 Å². The maximum atomic E-state index is 5.67. The minimum absolute atomic E-state index is 0.0604. The molecule has 0 unspecified atom stereocenters. The number of benzene rings is 1. The van der Waals surface area contributed by atoms with Crippen molar-refractivity contribution in [2.75, 3.05) is 0 Å². The molecule has 0 saturated heterocycles. The molecule has 0 aliphatic rings. The van der Waals surface area contributed by atoms with Crippen LogP contribution in [-0.4, -0.2) is 5.60 Å². The fourth-order valence-corrected chi connectivity index (χ4v) is 1.60. The Hall–Kier alpha value is -1.02. The predicted molar refractivity (Wildman–Crippen MR) is 80.4 cm³/mol. The van der Waals surface area contributed by atoms with E-state index in [0.29, 0.717) is 5.92 Å². The molecule has 1 rings (SSSR count). The summed E-state index contributed by atoms with van der Waals surface area (Å²) in [5.41, 5.74) is 1.03. The zero-order valence-electron chi connectivity index (χ0n) is 13.4. The lowest BCUT2D eigenvalue weighted by Crippen LogP contribution is -2.42.